The van der Waals surface area contributed by atoms with Crippen LogP contribution in [0, 0.1) is 0 Å². The highest BCUT2D eigenvalue weighted by Gasteiger charge is 2.11. The van der Waals surface area contributed by atoms with E-state index in [9.17, 15) is 9.59 Å². The Bertz CT molecular complexity index is 250. The Balaban J connectivity index is 3.44. The van der Waals surface area contributed by atoms with Crippen molar-refractivity contribution < 1.29 is 19.8 Å². The van der Waals surface area contributed by atoms with Crippen LogP contribution in [0.1, 0.15) is 26.2 Å². The standard InChI is InChI=1S/C10H17NO4/c1-7(2)9(13)11-6-4-3-5-8(12)10(14)15/h8,12H,1,3-6H2,2H3,(H,11,13)(H,14,15). The summed E-state index contributed by atoms with van der Waals surface area (Å²) in [6.07, 6.45) is 0.104. The van der Waals surface area contributed by atoms with Crippen LogP contribution < -0.4 is 5.32 Å². The molecule has 0 aliphatic heterocycles. The van der Waals surface area contributed by atoms with E-state index in [4.69, 9.17) is 10.2 Å². The fraction of sp³-hybridized carbons (Fsp3) is 0.600. The molecule has 0 heterocycles. The average Bonchev–Trinajstić information content (AvgIpc) is 2.16. The minimum atomic E-state index is -1.30. The van der Waals surface area contributed by atoms with E-state index in [1.54, 1.807) is 6.92 Å². The van der Waals surface area contributed by atoms with Gasteiger partial charge in [-0.05, 0) is 26.2 Å². The fourth-order valence-corrected chi connectivity index (χ4v) is 0.939. The van der Waals surface area contributed by atoms with Crippen molar-refractivity contribution in [1.29, 1.82) is 0 Å². The quantitative estimate of drug-likeness (QED) is 0.421. The fourth-order valence-electron chi connectivity index (χ4n) is 0.939. The molecule has 5 nitrogen and oxygen atoms in total. The average molecular weight is 215 g/mol. The van der Waals surface area contributed by atoms with Gasteiger partial charge >= 0.3 is 5.97 Å². The zero-order chi connectivity index (χ0) is 11.8. The number of rotatable bonds is 7. The van der Waals surface area contributed by atoms with Crippen molar-refractivity contribution in [2.24, 2.45) is 0 Å². The minimum Gasteiger partial charge on any atom is -0.479 e. The molecule has 0 aromatic carbocycles. The maximum atomic E-state index is 11.0. The molecule has 1 amide bonds. The maximum absolute atomic E-state index is 11.0. The monoisotopic (exact) mass is 215 g/mol. The second kappa shape index (κ2) is 7.00. The lowest BCUT2D eigenvalue weighted by atomic mass is 10.1. The van der Waals surface area contributed by atoms with E-state index in [0.29, 0.717) is 25.0 Å². The summed E-state index contributed by atoms with van der Waals surface area (Å²) in [7, 11) is 0. The number of aliphatic hydroxyl groups excluding tert-OH is 1. The molecule has 0 fully saturated rings. The molecule has 0 bridgehead atoms. The smallest absolute Gasteiger partial charge is 0.332 e. The lowest BCUT2D eigenvalue weighted by Gasteiger charge is -2.06. The van der Waals surface area contributed by atoms with Crippen LogP contribution in [0.15, 0.2) is 12.2 Å². The highest BCUT2D eigenvalue weighted by Crippen LogP contribution is 2.00. The molecule has 15 heavy (non-hydrogen) atoms. The number of hydrogen-bond donors (Lipinski definition) is 3. The molecule has 0 saturated carbocycles. The molecule has 0 saturated heterocycles. The van der Waals surface area contributed by atoms with Crippen LogP contribution in [0.25, 0.3) is 0 Å². The maximum Gasteiger partial charge on any atom is 0.332 e. The number of amides is 1. The van der Waals surface area contributed by atoms with Gasteiger partial charge in [0.1, 0.15) is 0 Å². The van der Waals surface area contributed by atoms with Crippen LogP contribution >= 0.6 is 0 Å². The van der Waals surface area contributed by atoms with Gasteiger partial charge in [0.15, 0.2) is 6.10 Å². The van der Waals surface area contributed by atoms with Crippen molar-refractivity contribution in [2.45, 2.75) is 32.3 Å². The van der Waals surface area contributed by atoms with Crippen molar-refractivity contribution in [1.82, 2.24) is 5.32 Å². The van der Waals surface area contributed by atoms with E-state index in [0.717, 1.165) is 0 Å². The molecule has 0 aromatic rings. The van der Waals surface area contributed by atoms with Gasteiger partial charge in [0.25, 0.3) is 0 Å². The van der Waals surface area contributed by atoms with Gasteiger partial charge < -0.3 is 15.5 Å². The summed E-state index contributed by atoms with van der Waals surface area (Å²) in [4.78, 5) is 21.2. The van der Waals surface area contributed by atoms with Gasteiger partial charge in [0.05, 0.1) is 0 Å². The number of carbonyl (C=O) groups excluding carboxylic acids is 1. The first-order valence-electron chi connectivity index (χ1n) is 4.79. The third kappa shape index (κ3) is 6.68. The molecular formula is C10H17NO4. The van der Waals surface area contributed by atoms with Gasteiger partial charge in [-0.15, -0.1) is 0 Å². The molecule has 0 aliphatic carbocycles. The first kappa shape index (κ1) is 13.6. The molecule has 0 aliphatic rings. The molecule has 0 radical (unpaired) electrons. The van der Waals surface area contributed by atoms with Crippen molar-refractivity contribution in [3.05, 3.63) is 12.2 Å². The summed E-state index contributed by atoms with van der Waals surface area (Å²) >= 11 is 0. The second-order valence-electron chi connectivity index (χ2n) is 3.39. The number of hydrogen-bond acceptors (Lipinski definition) is 3. The normalized spacial score (nSPS) is 11.9. The van der Waals surface area contributed by atoms with E-state index in [2.05, 4.69) is 11.9 Å². The number of aliphatic hydroxyl groups is 1. The third-order valence-electron chi connectivity index (χ3n) is 1.86. The van der Waals surface area contributed by atoms with Gasteiger partial charge in [-0.25, -0.2) is 4.79 Å². The molecule has 5 heteroatoms. The van der Waals surface area contributed by atoms with E-state index in [1.807, 2.05) is 0 Å². The highest BCUT2D eigenvalue weighted by atomic mass is 16.4. The second-order valence-corrected chi connectivity index (χ2v) is 3.39. The molecule has 0 rings (SSSR count). The van der Waals surface area contributed by atoms with Crippen LogP contribution in [0.5, 0.6) is 0 Å². The van der Waals surface area contributed by atoms with Crippen LogP contribution in [-0.2, 0) is 9.59 Å². The molecular weight excluding hydrogens is 198 g/mol. The number of carboxylic acid groups (broad SMARTS) is 1. The molecule has 3 N–H and O–H groups in total. The van der Waals surface area contributed by atoms with E-state index in [1.165, 1.54) is 0 Å². The molecule has 86 valence electrons. The van der Waals surface area contributed by atoms with Crippen molar-refractivity contribution in [2.75, 3.05) is 6.54 Å². The van der Waals surface area contributed by atoms with Gasteiger partial charge in [-0.1, -0.05) is 6.58 Å². The lowest BCUT2D eigenvalue weighted by molar-refractivity contribution is -0.147. The summed E-state index contributed by atoms with van der Waals surface area (Å²) < 4.78 is 0. The minimum absolute atomic E-state index is 0.200. The van der Waals surface area contributed by atoms with Crippen molar-refractivity contribution in [3.63, 3.8) is 0 Å². The predicted molar refractivity (Wildman–Crippen MR) is 55.3 cm³/mol. The summed E-state index contributed by atoms with van der Waals surface area (Å²) in [6, 6.07) is 0. The number of carbonyl (C=O) groups is 2. The highest BCUT2D eigenvalue weighted by molar-refractivity contribution is 5.91. The Labute approximate surface area is 88.8 Å². The van der Waals surface area contributed by atoms with Gasteiger partial charge in [-0.2, -0.15) is 0 Å². The summed E-state index contributed by atoms with van der Waals surface area (Å²) in [5.74, 6) is -1.41. The van der Waals surface area contributed by atoms with E-state index < -0.39 is 12.1 Å². The van der Waals surface area contributed by atoms with Crippen LogP contribution in [-0.4, -0.2) is 34.7 Å². The SMILES string of the molecule is C=C(C)C(=O)NCCCCC(O)C(=O)O. The van der Waals surface area contributed by atoms with Crippen LogP contribution in [0.2, 0.25) is 0 Å². The number of unbranched alkanes of at least 4 members (excludes halogenated alkanes) is 1. The summed E-state index contributed by atoms with van der Waals surface area (Å²) in [6.45, 7) is 5.56. The topological polar surface area (TPSA) is 86.6 Å². The Morgan fingerprint density at radius 2 is 2.00 bits per heavy atom. The molecule has 0 aromatic heterocycles. The Morgan fingerprint density at radius 1 is 1.40 bits per heavy atom. The molecule has 0 spiro atoms. The lowest BCUT2D eigenvalue weighted by Crippen LogP contribution is -2.25. The van der Waals surface area contributed by atoms with Crippen LogP contribution in [0.4, 0.5) is 0 Å². The van der Waals surface area contributed by atoms with E-state index in [-0.39, 0.29) is 12.3 Å². The summed E-state index contributed by atoms with van der Waals surface area (Å²) in [5, 5.41) is 19.9. The first-order valence-corrected chi connectivity index (χ1v) is 4.79. The summed E-state index contributed by atoms with van der Waals surface area (Å²) in [5.41, 5.74) is 0.445. The van der Waals surface area contributed by atoms with Crippen molar-refractivity contribution >= 4 is 11.9 Å². The number of carboxylic acids is 1. The zero-order valence-corrected chi connectivity index (χ0v) is 8.82. The van der Waals surface area contributed by atoms with Crippen LogP contribution in [0.3, 0.4) is 0 Å². The Kier molecular flexibility index (Phi) is 6.37. The van der Waals surface area contributed by atoms with E-state index >= 15 is 0 Å². The van der Waals surface area contributed by atoms with Gasteiger partial charge in [0, 0.05) is 12.1 Å². The zero-order valence-electron chi connectivity index (χ0n) is 8.82. The van der Waals surface area contributed by atoms with Gasteiger partial charge in [0.2, 0.25) is 5.91 Å². The molecule has 1 unspecified atom stereocenters. The molecule has 1 atom stereocenters. The Hall–Kier alpha value is -1.36. The largest absolute Gasteiger partial charge is 0.479 e. The number of aliphatic carboxylic acids is 1. The number of nitrogens with one attached hydrogen (secondary N) is 1. The predicted octanol–water partition coefficient (Wildman–Crippen LogP) is 0.294. The first-order chi connectivity index (χ1) is 6.95. The van der Waals surface area contributed by atoms with Crippen molar-refractivity contribution in [3.8, 4) is 0 Å². The van der Waals surface area contributed by atoms with Gasteiger partial charge in [-0.3, -0.25) is 4.79 Å². The third-order valence-corrected chi connectivity index (χ3v) is 1.86. The Morgan fingerprint density at radius 3 is 2.47 bits per heavy atom.